The van der Waals surface area contributed by atoms with Gasteiger partial charge in [-0.25, -0.2) is 4.98 Å². The Balaban J connectivity index is 0.000000319. The molecule has 1 aromatic heterocycles. The van der Waals surface area contributed by atoms with Crippen molar-refractivity contribution in [3.8, 4) is 22.3 Å². The normalized spacial score (nSPS) is 17.8. The summed E-state index contributed by atoms with van der Waals surface area (Å²) in [6.45, 7) is 11.5. The van der Waals surface area contributed by atoms with Gasteiger partial charge in [-0.1, -0.05) is 32.9 Å². The van der Waals surface area contributed by atoms with Gasteiger partial charge in [-0.3, -0.25) is 9.59 Å². The van der Waals surface area contributed by atoms with E-state index in [2.05, 4.69) is 34.5 Å². The molecule has 2 aliphatic rings. The number of nitriles is 1. The zero-order chi connectivity index (χ0) is 29.2. The summed E-state index contributed by atoms with van der Waals surface area (Å²) in [5, 5.41) is 23.8. The Morgan fingerprint density at radius 2 is 2.02 bits per heavy atom. The van der Waals surface area contributed by atoms with E-state index >= 15 is 0 Å². The summed E-state index contributed by atoms with van der Waals surface area (Å²) in [6, 6.07) is 7.74. The number of aromatic nitrogens is 1. The van der Waals surface area contributed by atoms with E-state index < -0.39 is 11.5 Å². The Hall–Kier alpha value is -2.60. The third kappa shape index (κ3) is 10.1. The number of aryl methyl sites for hydroxylation is 1. The molecule has 2 amide bonds. The molecule has 9 nitrogen and oxygen atoms in total. The van der Waals surface area contributed by atoms with Crippen molar-refractivity contribution in [2.24, 2.45) is 10.8 Å². The molecule has 2 heterocycles. The fourth-order valence-electron chi connectivity index (χ4n) is 3.91. The standard InChI is InChI=1S/C12H12N2O2S.C11H16N2O2.C6H13N.W/c1-8-12(17-7-14-8)9-2-3-10(5-13-6-15)11(16)4-9;1-10(2,3)8(6-14)13-9(15)11(7-12)4-5-11;1-6-4-3-5-7(6)2;/h2-4,6-7,16H,5H2,1H3,(H,13,15);6,8H,4-5H2,1-3H3,(H,13,15);6H,3-5H2,1-2H3;/t;;6-;/m..1./s1. The van der Waals surface area contributed by atoms with E-state index in [-0.39, 0.29) is 38.1 Å². The number of phenols is 1. The molecule has 218 valence electrons. The van der Waals surface area contributed by atoms with Gasteiger partial charge in [-0.05, 0) is 70.2 Å². The molecule has 40 heavy (non-hydrogen) atoms. The number of benzene rings is 1. The van der Waals surface area contributed by atoms with E-state index in [4.69, 9.17) is 5.26 Å². The van der Waals surface area contributed by atoms with Gasteiger partial charge in [-0.2, -0.15) is 5.26 Å². The summed E-state index contributed by atoms with van der Waals surface area (Å²) in [7, 11) is 2.19. The largest absolute Gasteiger partial charge is 0.508 e. The van der Waals surface area contributed by atoms with E-state index in [0.29, 0.717) is 31.4 Å². The average molecular weight is 740 g/mol. The number of phenolic OH excluding ortho intramolecular Hbond substituents is 1. The second-order valence-electron chi connectivity index (χ2n) is 11.2. The van der Waals surface area contributed by atoms with Crippen molar-refractivity contribution in [2.75, 3.05) is 13.6 Å². The van der Waals surface area contributed by atoms with Gasteiger partial charge in [0.2, 0.25) is 12.3 Å². The first kappa shape index (κ1) is 35.4. The van der Waals surface area contributed by atoms with Gasteiger partial charge in [0.15, 0.2) is 0 Å². The molecule has 11 heteroatoms. The molecule has 1 aliphatic heterocycles. The number of nitrogens with one attached hydrogen (secondary N) is 2. The van der Waals surface area contributed by atoms with E-state index in [1.54, 1.807) is 29.0 Å². The summed E-state index contributed by atoms with van der Waals surface area (Å²) in [5.41, 5.74) is 3.20. The van der Waals surface area contributed by atoms with Crippen LogP contribution in [-0.4, -0.2) is 59.3 Å². The molecule has 0 bridgehead atoms. The van der Waals surface area contributed by atoms with Crippen LogP contribution in [0, 0.1) is 29.1 Å². The maximum absolute atomic E-state index is 11.7. The number of rotatable bonds is 7. The zero-order valence-corrected chi connectivity index (χ0v) is 27.9. The van der Waals surface area contributed by atoms with Crippen LogP contribution in [0.2, 0.25) is 0 Å². The van der Waals surface area contributed by atoms with Gasteiger partial charge in [0.25, 0.3) is 0 Å². The molecular formula is C29H41N5O4SW. The van der Waals surface area contributed by atoms with Crippen molar-refractivity contribution in [1.82, 2.24) is 20.5 Å². The molecule has 2 atom stereocenters. The minimum absolute atomic E-state index is 0. The molecule has 2 aromatic rings. The predicted molar refractivity (Wildman–Crippen MR) is 153 cm³/mol. The number of hydrogen-bond donors (Lipinski definition) is 3. The summed E-state index contributed by atoms with van der Waals surface area (Å²) >= 11 is 1.54. The van der Waals surface area contributed by atoms with Crippen molar-refractivity contribution in [1.29, 1.82) is 5.26 Å². The van der Waals surface area contributed by atoms with Crippen LogP contribution in [0.25, 0.3) is 10.4 Å². The Bertz CT molecular complexity index is 1160. The molecule has 0 radical (unpaired) electrons. The maximum atomic E-state index is 11.7. The summed E-state index contributed by atoms with van der Waals surface area (Å²) in [6.07, 6.45) is 5.34. The second-order valence-corrected chi connectivity index (χ2v) is 12.1. The minimum Gasteiger partial charge on any atom is -0.508 e. The number of aldehydes is 1. The number of carbonyl (C=O) groups is 3. The summed E-state index contributed by atoms with van der Waals surface area (Å²) in [5.74, 6) is -0.123. The first-order valence-electron chi connectivity index (χ1n) is 13.2. The van der Waals surface area contributed by atoms with Gasteiger partial charge in [0.05, 0.1) is 28.2 Å². The number of amides is 2. The molecule has 4 rings (SSSR count). The zero-order valence-electron chi connectivity index (χ0n) is 24.2. The Morgan fingerprint density at radius 1 is 1.35 bits per heavy atom. The SMILES string of the molecule is CC(C)(C)C(C=O)NC(=O)C1(C#N)CC1.C[C@@H]1CCCN1C.Cc1ncsc1-c1ccc(CNC=O)c(O)c1.[W]. The Kier molecular flexibility index (Phi) is 14.2. The number of aromatic hydroxyl groups is 1. The second kappa shape index (κ2) is 16.0. The van der Waals surface area contributed by atoms with Crippen LogP contribution in [0.1, 0.15) is 64.6 Å². The first-order chi connectivity index (χ1) is 18.4. The third-order valence-electron chi connectivity index (χ3n) is 7.11. The minimum atomic E-state index is -0.855. The van der Waals surface area contributed by atoms with Gasteiger partial charge in [-0.15, -0.1) is 11.3 Å². The van der Waals surface area contributed by atoms with Crippen LogP contribution in [0.5, 0.6) is 5.75 Å². The van der Waals surface area contributed by atoms with Crippen LogP contribution < -0.4 is 10.6 Å². The number of nitrogens with zero attached hydrogens (tertiary/aromatic N) is 3. The molecule has 0 spiro atoms. The van der Waals surface area contributed by atoms with Gasteiger partial charge >= 0.3 is 0 Å². The molecule has 1 aliphatic carbocycles. The summed E-state index contributed by atoms with van der Waals surface area (Å²) in [4.78, 5) is 40.3. The average Bonchev–Trinajstić information content (AvgIpc) is 3.45. The van der Waals surface area contributed by atoms with Crippen LogP contribution in [-0.2, 0) is 42.0 Å². The first-order valence-corrected chi connectivity index (χ1v) is 14.0. The van der Waals surface area contributed by atoms with Crippen molar-refractivity contribution >= 4 is 29.9 Å². The number of likely N-dealkylation sites (tertiary alicyclic amines) is 1. The van der Waals surface area contributed by atoms with Gasteiger partial charge < -0.3 is 25.4 Å². The fourth-order valence-corrected chi connectivity index (χ4v) is 4.71. The van der Waals surface area contributed by atoms with Crippen molar-refractivity contribution < 1.29 is 40.6 Å². The van der Waals surface area contributed by atoms with E-state index in [1.807, 2.05) is 39.8 Å². The van der Waals surface area contributed by atoms with Crippen LogP contribution in [0.4, 0.5) is 0 Å². The molecule has 1 saturated heterocycles. The molecule has 1 saturated carbocycles. The van der Waals surface area contributed by atoms with E-state index in [0.717, 1.165) is 28.5 Å². The summed E-state index contributed by atoms with van der Waals surface area (Å²) < 4.78 is 0. The number of hydrogen-bond acceptors (Lipinski definition) is 8. The molecule has 1 aromatic carbocycles. The molecule has 2 fully saturated rings. The van der Waals surface area contributed by atoms with E-state index in [9.17, 15) is 19.5 Å². The van der Waals surface area contributed by atoms with Gasteiger partial charge in [0, 0.05) is 39.2 Å². The predicted octanol–water partition coefficient (Wildman–Crippen LogP) is 4.19. The van der Waals surface area contributed by atoms with E-state index in [1.165, 1.54) is 19.4 Å². The smallest absolute Gasteiger partial charge is 0.241 e. The van der Waals surface area contributed by atoms with Crippen molar-refractivity contribution in [3.05, 3.63) is 35.0 Å². The molecule has 1 unspecified atom stereocenters. The van der Waals surface area contributed by atoms with Crippen molar-refractivity contribution in [2.45, 2.75) is 78.9 Å². The monoisotopic (exact) mass is 739 g/mol. The topological polar surface area (TPSA) is 135 Å². The molecular weight excluding hydrogens is 698 g/mol. The van der Waals surface area contributed by atoms with Crippen LogP contribution >= 0.6 is 11.3 Å². The van der Waals surface area contributed by atoms with Gasteiger partial charge in [0.1, 0.15) is 17.5 Å². The fraction of sp³-hybridized carbons (Fsp3) is 0.552. The van der Waals surface area contributed by atoms with Crippen LogP contribution in [0.15, 0.2) is 23.7 Å². The Morgan fingerprint density at radius 3 is 2.40 bits per heavy atom. The number of thiazole rings is 1. The van der Waals surface area contributed by atoms with Crippen molar-refractivity contribution in [3.63, 3.8) is 0 Å². The van der Waals surface area contributed by atoms with Crippen LogP contribution in [0.3, 0.4) is 0 Å². The Labute approximate surface area is 256 Å². The maximum Gasteiger partial charge on any atom is 0.241 e. The quantitative estimate of drug-likeness (QED) is 0.363. The third-order valence-corrected chi connectivity index (χ3v) is 8.09. The number of carbonyl (C=O) groups excluding carboxylic acids is 3. The molecule has 3 N–H and O–H groups in total.